The Kier molecular flexibility index (Phi) is 2.91. The first-order valence-electron chi connectivity index (χ1n) is 3.28. The van der Waals surface area contributed by atoms with Crippen LogP contribution >= 0.6 is 15.9 Å². The van der Waals surface area contributed by atoms with E-state index in [0.29, 0.717) is 11.1 Å². The van der Waals surface area contributed by atoms with Gasteiger partial charge in [0, 0.05) is 6.61 Å². The third-order valence-corrected chi connectivity index (χ3v) is 1.76. The third-order valence-electron chi connectivity index (χ3n) is 1.34. The second kappa shape index (κ2) is 3.74. The minimum absolute atomic E-state index is 0.108. The summed E-state index contributed by atoms with van der Waals surface area (Å²) in [5.74, 6) is 0.728. The molecule has 11 heavy (non-hydrogen) atoms. The average Bonchev–Trinajstić information content (AvgIpc) is 2.36. The van der Waals surface area contributed by atoms with Crippen molar-refractivity contribution in [3.63, 3.8) is 0 Å². The zero-order valence-corrected chi connectivity index (χ0v) is 7.60. The molecule has 0 aliphatic heterocycles. The van der Waals surface area contributed by atoms with Gasteiger partial charge in [0.2, 0.25) is 0 Å². The summed E-state index contributed by atoms with van der Waals surface area (Å²) in [7, 11) is 0. The summed E-state index contributed by atoms with van der Waals surface area (Å²) < 4.78 is 5.89. The van der Waals surface area contributed by atoms with Crippen LogP contribution in [0.2, 0.25) is 0 Å². The molecule has 0 radical (unpaired) electrons. The molecule has 1 N–H and O–H groups in total. The quantitative estimate of drug-likeness (QED) is 0.843. The number of aliphatic hydroxyl groups excluding tert-OH is 1. The molecule has 0 spiro atoms. The fourth-order valence-electron chi connectivity index (χ4n) is 0.762. The summed E-state index contributed by atoms with van der Waals surface area (Å²) in [6.45, 7) is 3.86. The Morgan fingerprint density at radius 3 is 2.82 bits per heavy atom. The van der Waals surface area contributed by atoms with Crippen LogP contribution in [0.25, 0.3) is 5.57 Å². The lowest BCUT2D eigenvalue weighted by Crippen LogP contribution is -1.84. The molecular weight excluding hydrogens is 208 g/mol. The topological polar surface area (TPSA) is 33.4 Å². The summed E-state index contributed by atoms with van der Waals surface area (Å²) in [6.07, 6.45) is 0.556. The minimum Gasteiger partial charge on any atom is -0.450 e. The van der Waals surface area contributed by atoms with Gasteiger partial charge in [0.05, 0.1) is 0 Å². The first kappa shape index (κ1) is 8.56. The van der Waals surface area contributed by atoms with Crippen molar-refractivity contribution in [2.24, 2.45) is 0 Å². The highest BCUT2D eigenvalue weighted by Crippen LogP contribution is 2.21. The van der Waals surface area contributed by atoms with Crippen molar-refractivity contribution in [2.75, 3.05) is 6.61 Å². The zero-order chi connectivity index (χ0) is 8.27. The average molecular weight is 217 g/mol. The van der Waals surface area contributed by atoms with E-state index in [9.17, 15) is 0 Å². The molecule has 0 aliphatic carbocycles. The fraction of sp³-hybridized carbons (Fsp3) is 0.250. The Labute approximate surface area is 73.7 Å². The minimum atomic E-state index is 0.108. The highest BCUT2D eigenvalue weighted by Gasteiger charge is 2.02. The Bertz CT molecular complexity index is 252. The van der Waals surface area contributed by atoms with E-state index in [-0.39, 0.29) is 6.61 Å². The van der Waals surface area contributed by atoms with Gasteiger partial charge in [0.1, 0.15) is 5.76 Å². The Balaban J connectivity index is 2.69. The molecule has 2 nitrogen and oxygen atoms in total. The van der Waals surface area contributed by atoms with Gasteiger partial charge < -0.3 is 9.52 Å². The highest BCUT2D eigenvalue weighted by molar-refractivity contribution is 9.10. The van der Waals surface area contributed by atoms with Crippen molar-refractivity contribution in [1.82, 2.24) is 0 Å². The molecule has 0 saturated heterocycles. The van der Waals surface area contributed by atoms with E-state index in [4.69, 9.17) is 9.52 Å². The Morgan fingerprint density at radius 2 is 2.36 bits per heavy atom. The molecule has 0 atom stereocenters. The standard InChI is InChI=1S/C8H9BrO2/c1-6(4-5-10)7-2-3-8(9)11-7/h2-3,10H,1,4-5H2. The van der Waals surface area contributed by atoms with Crippen LogP contribution < -0.4 is 0 Å². The number of hydrogen-bond donors (Lipinski definition) is 1. The van der Waals surface area contributed by atoms with Gasteiger partial charge in [-0.25, -0.2) is 0 Å². The normalized spacial score (nSPS) is 10.0. The third kappa shape index (κ3) is 2.20. The first-order chi connectivity index (χ1) is 5.24. The molecule has 1 aromatic rings. The molecule has 60 valence electrons. The molecule has 1 aromatic heterocycles. The van der Waals surface area contributed by atoms with E-state index in [1.54, 1.807) is 6.07 Å². The van der Waals surface area contributed by atoms with Gasteiger partial charge in [-0.2, -0.15) is 0 Å². The fourth-order valence-corrected chi connectivity index (χ4v) is 1.07. The molecule has 0 amide bonds. The molecule has 0 saturated carbocycles. The summed E-state index contributed by atoms with van der Waals surface area (Å²) in [5, 5.41) is 8.59. The molecule has 0 aromatic carbocycles. The molecule has 0 fully saturated rings. The molecule has 0 aliphatic rings. The smallest absolute Gasteiger partial charge is 0.169 e. The van der Waals surface area contributed by atoms with Crippen molar-refractivity contribution in [3.8, 4) is 0 Å². The first-order valence-corrected chi connectivity index (χ1v) is 4.07. The van der Waals surface area contributed by atoms with Crippen molar-refractivity contribution >= 4 is 21.5 Å². The van der Waals surface area contributed by atoms with Crippen molar-refractivity contribution in [1.29, 1.82) is 0 Å². The van der Waals surface area contributed by atoms with Gasteiger partial charge in [-0.05, 0) is 40.1 Å². The Morgan fingerprint density at radius 1 is 1.64 bits per heavy atom. The SMILES string of the molecule is C=C(CCO)c1ccc(Br)o1. The van der Waals surface area contributed by atoms with Crippen LogP contribution in [0.15, 0.2) is 27.8 Å². The number of rotatable bonds is 3. The zero-order valence-electron chi connectivity index (χ0n) is 6.01. The van der Waals surface area contributed by atoms with Gasteiger partial charge in [-0.3, -0.25) is 0 Å². The maximum atomic E-state index is 8.59. The number of furan rings is 1. The van der Waals surface area contributed by atoms with Crippen LogP contribution in [-0.4, -0.2) is 11.7 Å². The van der Waals surface area contributed by atoms with E-state index in [2.05, 4.69) is 22.5 Å². The van der Waals surface area contributed by atoms with Crippen molar-refractivity contribution < 1.29 is 9.52 Å². The predicted octanol–water partition coefficient (Wildman–Crippen LogP) is 2.44. The predicted molar refractivity (Wildman–Crippen MR) is 47.1 cm³/mol. The van der Waals surface area contributed by atoms with E-state index in [1.165, 1.54) is 0 Å². The van der Waals surface area contributed by atoms with E-state index < -0.39 is 0 Å². The van der Waals surface area contributed by atoms with Gasteiger partial charge >= 0.3 is 0 Å². The van der Waals surface area contributed by atoms with Crippen molar-refractivity contribution in [2.45, 2.75) is 6.42 Å². The largest absolute Gasteiger partial charge is 0.450 e. The van der Waals surface area contributed by atoms with Gasteiger partial charge in [-0.1, -0.05) is 6.58 Å². The number of hydrogen-bond acceptors (Lipinski definition) is 2. The summed E-state index contributed by atoms with van der Waals surface area (Å²) in [4.78, 5) is 0. The Hall–Kier alpha value is -0.540. The van der Waals surface area contributed by atoms with Crippen LogP contribution in [0.4, 0.5) is 0 Å². The lowest BCUT2D eigenvalue weighted by Gasteiger charge is -1.96. The van der Waals surface area contributed by atoms with E-state index in [1.807, 2.05) is 6.07 Å². The van der Waals surface area contributed by atoms with Gasteiger partial charge in [0.15, 0.2) is 4.67 Å². The molecule has 1 heterocycles. The molecule has 0 bridgehead atoms. The highest BCUT2D eigenvalue weighted by atomic mass is 79.9. The number of aliphatic hydroxyl groups is 1. The lowest BCUT2D eigenvalue weighted by molar-refractivity contribution is 0.304. The molecule has 0 unspecified atom stereocenters. The van der Waals surface area contributed by atoms with Crippen LogP contribution in [0.5, 0.6) is 0 Å². The van der Waals surface area contributed by atoms with Crippen molar-refractivity contribution in [3.05, 3.63) is 29.1 Å². The van der Waals surface area contributed by atoms with Gasteiger partial charge in [0.25, 0.3) is 0 Å². The van der Waals surface area contributed by atoms with Crippen LogP contribution in [-0.2, 0) is 0 Å². The molecule has 3 heteroatoms. The van der Waals surface area contributed by atoms with E-state index in [0.717, 1.165) is 11.3 Å². The summed E-state index contributed by atoms with van der Waals surface area (Å²) in [5.41, 5.74) is 0.818. The maximum absolute atomic E-state index is 8.59. The molecule has 1 rings (SSSR count). The van der Waals surface area contributed by atoms with Crippen LogP contribution in [0, 0.1) is 0 Å². The number of halogens is 1. The van der Waals surface area contributed by atoms with Crippen LogP contribution in [0.1, 0.15) is 12.2 Å². The van der Waals surface area contributed by atoms with E-state index >= 15 is 0 Å². The second-order valence-corrected chi connectivity index (χ2v) is 2.96. The van der Waals surface area contributed by atoms with Gasteiger partial charge in [-0.15, -0.1) is 0 Å². The summed E-state index contributed by atoms with van der Waals surface area (Å²) in [6, 6.07) is 3.62. The molecular formula is C8H9BrO2. The summed E-state index contributed by atoms with van der Waals surface area (Å²) >= 11 is 3.18. The maximum Gasteiger partial charge on any atom is 0.169 e. The second-order valence-electron chi connectivity index (χ2n) is 2.18. The lowest BCUT2D eigenvalue weighted by atomic mass is 10.2. The monoisotopic (exact) mass is 216 g/mol. The van der Waals surface area contributed by atoms with Crippen LogP contribution in [0.3, 0.4) is 0 Å².